The van der Waals surface area contributed by atoms with E-state index in [4.69, 9.17) is 13.9 Å². The quantitative estimate of drug-likeness (QED) is 0.384. The summed E-state index contributed by atoms with van der Waals surface area (Å²) in [5.74, 6) is 3.46. The number of ether oxygens (including phenoxy) is 2. The average Bonchev–Trinajstić information content (AvgIpc) is 3.16. The molecule has 30 heavy (non-hydrogen) atoms. The normalized spacial score (nSPS) is 13.6. The summed E-state index contributed by atoms with van der Waals surface area (Å²) in [5, 5.41) is 17.2. The number of aryl methyl sites for hydroxylation is 1. The van der Waals surface area contributed by atoms with Crippen LogP contribution >= 0.6 is 0 Å². The summed E-state index contributed by atoms with van der Waals surface area (Å²) >= 11 is 0. The molecule has 0 bridgehead atoms. The van der Waals surface area contributed by atoms with Gasteiger partial charge in [0.2, 0.25) is 0 Å². The van der Waals surface area contributed by atoms with Crippen LogP contribution in [0.4, 0.5) is 0 Å². The van der Waals surface area contributed by atoms with E-state index in [2.05, 4.69) is 15.6 Å². The number of hydrogen-bond donors (Lipinski definition) is 3. The van der Waals surface area contributed by atoms with E-state index in [-0.39, 0.29) is 6.54 Å². The monoisotopic (exact) mass is 417 g/mol. The number of guanidine groups is 1. The molecule has 0 fully saturated rings. The molecule has 7 heteroatoms. The summed E-state index contributed by atoms with van der Waals surface area (Å²) in [7, 11) is 0. The predicted octanol–water partition coefficient (Wildman–Crippen LogP) is 3.39. The lowest BCUT2D eigenvalue weighted by atomic mass is 10.0. The van der Waals surface area contributed by atoms with Gasteiger partial charge in [-0.15, -0.1) is 0 Å². The topological polar surface area (TPSA) is 88.3 Å². The van der Waals surface area contributed by atoms with Crippen molar-refractivity contribution in [2.75, 3.05) is 32.8 Å². The number of nitrogens with one attached hydrogen (secondary N) is 2. The van der Waals surface area contributed by atoms with Crippen molar-refractivity contribution in [2.45, 2.75) is 46.6 Å². The Labute approximate surface area is 179 Å². The van der Waals surface area contributed by atoms with Gasteiger partial charge in [0.1, 0.15) is 17.1 Å². The highest BCUT2D eigenvalue weighted by atomic mass is 16.5. The smallest absolute Gasteiger partial charge is 0.191 e. The van der Waals surface area contributed by atoms with Crippen molar-refractivity contribution in [3.05, 3.63) is 47.4 Å². The highest BCUT2D eigenvalue weighted by Gasteiger charge is 2.26. The summed E-state index contributed by atoms with van der Waals surface area (Å²) in [6.07, 6.45) is 0.796. The Balaban J connectivity index is 1.97. The Bertz CT molecular complexity index is 815. The van der Waals surface area contributed by atoms with Gasteiger partial charge in [-0.25, -0.2) is 4.99 Å². The molecule has 166 valence electrons. The van der Waals surface area contributed by atoms with Gasteiger partial charge < -0.3 is 29.6 Å². The van der Waals surface area contributed by atoms with Crippen LogP contribution in [-0.2, 0) is 12.0 Å². The molecule has 1 aromatic carbocycles. The highest BCUT2D eigenvalue weighted by Crippen LogP contribution is 2.28. The van der Waals surface area contributed by atoms with Gasteiger partial charge in [-0.05, 0) is 70.9 Å². The third-order valence-electron chi connectivity index (χ3n) is 4.47. The SMILES string of the molecule is CCNC(=NCC(C)(O)c1ccc(C)o1)NCCc1ccc(OCC)c(OCC)c1. The van der Waals surface area contributed by atoms with Crippen LogP contribution in [0.3, 0.4) is 0 Å². The Morgan fingerprint density at radius 3 is 2.43 bits per heavy atom. The summed E-state index contributed by atoms with van der Waals surface area (Å²) in [6.45, 7) is 12.3. The number of aliphatic imine (C=N–C) groups is 1. The Morgan fingerprint density at radius 2 is 1.80 bits per heavy atom. The molecule has 0 aliphatic carbocycles. The van der Waals surface area contributed by atoms with Crippen molar-refractivity contribution in [1.82, 2.24) is 10.6 Å². The van der Waals surface area contributed by atoms with Crippen LogP contribution in [0.1, 0.15) is 44.8 Å². The molecule has 2 rings (SSSR count). The van der Waals surface area contributed by atoms with E-state index in [1.165, 1.54) is 0 Å². The molecule has 1 unspecified atom stereocenters. The number of aliphatic hydroxyl groups is 1. The highest BCUT2D eigenvalue weighted by molar-refractivity contribution is 5.79. The first-order chi connectivity index (χ1) is 14.4. The van der Waals surface area contributed by atoms with E-state index in [0.717, 1.165) is 35.8 Å². The van der Waals surface area contributed by atoms with E-state index in [9.17, 15) is 5.11 Å². The Hall–Kier alpha value is -2.67. The number of rotatable bonds is 11. The second kappa shape index (κ2) is 11.5. The second-order valence-electron chi connectivity index (χ2n) is 7.20. The van der Waals surface area contributed by atoms with E-state index in [0.29, 0.717) is 31.5 Å². The fourth-order valence-electron chi connectivity index (χ4n) is 2.95. The van der Waals surface area contributed by atoms with E-state index in [1.54, 1.807) is 13.0 Å². The molecule has 0 radical (unpaired) electrons. The summed E-state index contributed by atoms with van der Waals surface area (Å²) in [6, 6.07) is 9.64. The first kappa shape index (κ1) is 23.6. The number of hydrogen-bond acceptors (Lipinski definition) is 5. The molecule has 3 N–H and O–H groups in total. The van der Waals surface area contributed by atoms with E-state index >= 15 is 0 Å². The standard InChI is InChI=1S/C23H35N3O4/c1-6-24-22(26-16-23(5,27)21-12-9-17(4)30-21)25-14-13-18-10-11-19(28-7-2)20(15-18)29-8-3/h9-12,15,27H,6-8,13-14,16H2,1-5H3,(H2,24,25,26). The second-order valence-corrected chi connectivity index (χ2v) is 7.20. The first-order valence-corrected chi connectivity index (χ1v) is 10.6. The minimum Gasteiger partial charge on any atom is -0.490 e. The van der Waals surface area contributed by atoms with Crippen molar-refractivity contribution in [2.24, 2.45) is 4.99 Å². The molecule has 7 nitrogen and oxygen atoms in total. The maximum atomic E-state index is 10.7. The average molecular weight is 418 g/mol. The number of furan rings is 1. The lowest BCUT2D eigenvalue weighted by Gasteiger charge is -2.20. The molecule has 0 aliphatic rings. The molecule has 2 aromatic rings. The molecule has 1 heterocycles. The molecule has 0 amide bonds. The largest absolute Gasteiger partial charge is 0.490 e. The van der Waals surface area contributed by atoms with Gasteiger partial charge in [-0.1, -0.05) is 6.07 Å². The molecular weight excluding hydrogens is 382 g/mol. The van der Waals surface area contributed by atoms with Crippen LogP contribution in [0.2, 0.25) is 0 Å². The van der Waals surface area contributed by atoms with Crippen molar-refractivity contribution in [3.63, 3.8) is 0 Å². The first-order valence-electron chi connectivity index (χ1n) is 10.6. The van der Waals surface area contributed by atoms with E-state index in [1.807, 2.05) is 52.0 Å². The molecule has 0 saturated heterocycles. The van der Waals surface area contributed by atoms with Crippen molar-refractivity contribution in [3.8, 4) is 11.5 Å². The third-order valence-corrected chi connectivity index (χ3v) is 4.47. The third kappa shape index (κ3) is 6.99. The van der Waals surface area contributed by atoms with Crippen LogP contribution in [0.15, 0.2) is 39.7 Å². The van der Waals surface area contributed by atoms with Crippen molar-refractivity contribution < 1.29 is 19.0 Å². The zero-order chi connectivity index (χ0) is 22.0. The van der Waals surface area contributed by atoms with Crippen LogP contribution in [-0.4, -0.2) is 43.9 Å². The van der Waals surface area contributed by atoms with Gasteiger partial charge in [0.15, 0.2) is 17.5 Å². The molecular formula is C23H35N3O4. The predicted molar refractivity (Wildman–Crippen MR) is 119 cm³/mol. The molecule has 0 spiro atoms. The van der Waals surface area contributed by atoms with Gasteiger partial charge in [0.25, 0.3) is 0 Å². The van der Waals surface area contributed by atoms with Crippen LogP contribution in [0.25, 0.3) is 0 Å². The van der Waals surface area contributed by atoms with Gasteiger partial charge in [0, 0.05) is 13.1 Å². The maximum absolute atomic E-state index is 10.7. The molecule has 1 aromatic heterocycles. The van der Waals surface area contributed by atoms with Gasteiger partial charge in [-0.2, -0.15) is 0 Å². The summed E-state index contributed by atoms with van der Waals surface area (Å²) in [4.78, 5) is 4.53. The van der Waals surface area contributed by atoms with Crippen LogP contribution in [0.5, 0.6) is 11.5 Å². The van der Waals surface area contributed by atoms with Gasteiger partial charge in [0.05, 0.1) is 19.8 Å². The molecule has 0 saturated carbocycles. The van der Waals surface area contributed by atoms with Gasteiger partial charge in [-0.3, -0.25) is 0 Å². The minimum absolute atomic E-state index is 0.187. The molecule has 0 aliphatic heterocycles. The Morgan fingerprint density at radius 1 is 1.07 bits per heavy atom. The van der Waals surface area contributed by atoms with Crippen LogP contribution in [0, 0.1) is 6.92 Å². The lowest BCUT2D eigenvalue weighted by molar-refractivity contribution is 0.0428. The number of nitrogens with zero attached hydrogens (tertiary/aromatic N) is 1. The zero-order valence-electron chi connectivity index (χ0n) is 18.7. The van der Waals surface area contributed by atoms with Gasteiger partial charge >= 0.3 is 0 Å². The van der Waals surface area contributed by atoms with Crippen molar-refractivity contribution >= 4 is 5.96 Å². The fourth-order valence-corrected chi connectivity index (χ4v) is 2.95. The van der Waals surface area contributed by atoms with Crippen LogP contribution < -0.4 is 20.1 Å². The van der Waals surface area contributed by atoms with E-state index < -0.39 is 5.60 Å². The summed E-state index contributed by atoms with van der Waals surface area (Å²) in [5.41, 5.74) is -0.0266. The minimum atomic E-state index is -1.17. The van der Waals surface area contributed by atoms with Crippen molar-refractivity contribution in [1.29, 1.82) is 0 Å². The Kier molecular flexibility index (Phi) is 9.05. The lowest BCUT2D eigenvalue weighted by Crippen LogP contribution is -2.39. The number of benzene rings is 1. The molecule has 1 atom stereocenters. The summed E-state index contributed by atoms with van der Waals surface area (Å²) < 4.78 is 16.9. The zero-order valence-corrected chi connectivity index (χ0v) is 18.7. The fraction of sp³-hybridized carbons (Fsp3) is 0.522. The maximum Gasteiger partial charge on any atom is 0.191 e.